The smallest absolute Gasteiger partial charge is 0.303 e. The predicted octanol–water partition coefficient (Wildman–Crippen LogP) is 2.94. The SMILES string of the molecule is Cc1c(CCC(=O)O)cc(Br)c2c1OCCCO2. The predicted molar refractivity (Wildman–Crippen MR) is 70.4 cm³/mol. The number of carboxylic acid groups (broad SMARTS) is 1. The summed E-state index contributed by atoms with van der Waals surface area (Å²) in [6, 6.07) is 1.92. The number of ether oxygens (including phenoxy) is 2. The van der Waals surface area contributed by atoms with E-state index in [1.807, 2.05) is 13.0 Å². The van der Waals surface area contributed by atoms with Crippen molar-refractivity contribution >= 4 is 21.9 Å². The Bertz CT molecular complexity index is 471. The summed E-state index contributed by atoms with van der Waals surface area (Å²) in [5, 5.41) is 8.75. The van der Waals surface area contributed by atoms with Gasteiger partial charge in [-0.15, -0.1) is 0 Å². The van der Waals surface area contributed by atoms with Crippen molar-refractivity contribution in [1.29, 1.82) is 0 Å². The molecular weight excluding hydrogens is 300 g/mol. The van der Waals surface area contributed by atoms with Crippen LogP contribution in [-0.4, -0.2) is 24.3 Å². The molecule has 0 aromatic heterocycles. The molecule has 18 heavy (non-hydrogen) atoms. The van der Waals surface area contributed by atoms with Crippen LogP contribution in [0.2, 0.25) is 0 Å². The fourth-order valence-corrected chi connectivity index (χ4v) is 2.54. The first-order valence-corrected chi connectivity index (χ1v) is 6.68. The minimum absolute atomic E-state index is 0.118. The number of aliphatic carboxylic acids is 1. The molecule has 0 bridgehead atoms. The molecule has 0 amide bonds. The van der Waals surface area contributed by atoms with E-state index in [0.717, 1.165) is 33.5 Å². The lowest BCUT2D eigenvalue weighted by Gasteiger charge is -2.15. The summed E-state index contributed by atoms with van der Waals surface area (Å²) in [5.41, 5.74) is 1.95. The molecule has 1 N–H and O–H groups in total. The first kappa shape index (κ1) is 13.2. The van der Waals surface area contributed by atoms with Crippen molar-refractivity contribution in [3.8, 4) is 11.5 Å². The zero-order valence-corrected chi connectivity index (χ0v) is 11.7. The highest BCUT2D eigenvalue weighted by Crippen LogP contribution is 2.41. The van der Waals surface area contributed by atoms with E-state index in [-0.39, 0.29) is 6.42 Å². The number of rotatable bonds is 3. The van der Waals surface area contributed by atoms with Crippen LogP contribution in [0.4, 0.5) is 0 Å². The molecule has 0 spiro atoms. The first-order valence-electron chi connectivity index (χ1n) is 5.89. The van der Waals surface area contributed by atoms with Crippen molar-refractivity contribution in [3.63, 3.8) is 0 Å². The molecule has 0 saturated heterocycles. The number of fused-ring (bicyclic) bond motifs is 1. The van der Waals surface area contributed by atoms with Crippen LogP contribution in [-0.2, 0) is 11.2 Å². The van der Waals surface area contributed by atoms with Crippen LogP contribution in [0.3, 0.4) is 0 Å². The highest BCUT2D eigenvalue weighted by Gasteiger charge is 2.19. The molecular formula is C13H15BrO4. The van der Waals surface area contributed by atoms with E-state index in [0.29, 0.717) is 19.6 Å². The second-order valence-electron chi connectivity index (χ2n) is 4.24. The normalized spacial score (nSPS) is 14.1. The molecule has 1 aromatic carbocycles. The first-order chi connectivity index (χ1) is 8.59. The van der Waals surface area contributed by atoms with Gasteiger partial charge in [-0.1, -0.05) is 0 Å². The van der Waals surface area contributed by atoms with Crippen molar-refractivity contribution in [2.45, 2.75) is 26.2 Å². The van der Waals surface area contributed by atoms with Gasteiger partial charge in [0.2, 0.25) is 0 Å². The Labute approximate surface area is 114 Å². The van der Waals surface area contributed by atoms with E-state index in [4.69, 9.17) is 14.6 Å². The quantitative estimate of drug-likeness (QED) is 0.932. The van der Waals surface area contributed by atoms with Gasteiger partial charge in [-0.05, 0) is 46.5 Å². The van der Waals surface area contributed by atoms with E-state index in [2.05, 4.69) is 15.9 Å². The van der Waals surface area contributed by atoms with Gasteiger partial charge in [0.15, 0.2) is 11.5 Å². The second-order valence-corrected chi connectivity index (χ2v) is 5.10. The van der Waals surface area contributed by atoms with Crippen molar-refractivity contribution < 1.29 is 19.4 Å². The van der Waals surface area contributed by atoms with E-state index in [9.17, 15) is 4.79 Å². The largest absolute Gasteiger partial charge is 0.489 e. The summed E-state index contributed by atoms with van der Waals surface area (Å²) < 4.78 is 12.2. The molecule has 0 fully saturated rings. The minimum atomic E-state index is -0.794. The molecule has 1 heterocycles. The number of hydrogen-bond donors (Lipinski definition) is 1. The summed E-state index contributed by atoms with van der Waals surface area (Å²) in [5.74, 6) is 0.670. The van der Waals surface area contributed by atoms with Gasteiger partial charge in [0.25, 0.3) is 0 Å². The van der Waals surface area contributed by atoms with E-state index < -0.39 is 5.97 Å². The van der Waals surface area contributed by atoms with Crippen LogP contribution in [0, 0.1) is 6.92 Å². The molecule has 0 atom stereocenters. The lowest BCUT2D eigenvalue weighted by Crippen LogP contribution is -2.02. The van der Waals surface area contributed by atoms with Crippen LogP contribution >= 0.6 is 15.9 Å². The molecule has 2 rings (SSSR count). The molecule has 98 valence electrons. The van der Waals surface area contributed by atoms with E-state index in [1.54, 1.807) is 0 Å². The lowest BCUT2D eigenvalue weighted by atomic mass is 10.0. The summed E-state index contributed by atoms with van der Waals surface area (Å²) in [4.78, 5) is 10.6. The third kappa shape index (κ3) is 2.77. The summed E-state index contributed by atoms with van der Waals surface area (Å²) in [6.07, 6.45) is 1.47. The topological polar surface area (TPSA) is 55.8 Å². The van der Waals surface area contributed by atoms with Crippen LogP contribution in [0.15, 0.2) is 10.5 Å². The summed E-state index contributed by atoms with van der Waals surface area (Å²) >= 11 is 3.46. The number of benzene rings is 1. The average Bonchev–Trinajstić information content (AvgIpc) is 2.57. The Hall–Kier alpha value is -1.23. The molecule has 0 unspecified atom stereocenters. The number of aryl methyl sites for hydroxylation is 1. The van der Waals surface area contributed by atoms with Gasteiger partial charge >= 0.3 is 5.97 Å². The van der Waals surface area contributed by atoms with Crippen LogP contribution in [0.5, 0.6) is 11.5 Å². The third-order valence-corrected chi connectivity index (χ3v) is 3.53. The molecule has 1 aliphatic rings. The Balaban J connectivity index is 2.35. The van der Waals surface area contributed by atoms with Crippen molar-refractivity contribution in [3.05, 3.63) is 21.7 Å². The number of halogens is 1. The van der Waals surface area contributed by atoms with Crippen molar-refractivity contribution in [1.82, 2.24) is 0 Å². The zero-order chi connectivity index (χ0) is 13.1. The highest BCUT2D eigenvalue weighted by atomic mass is 79.9. The van der Waals surface area contributed by atoms with Gasteiger partial charge in [0.1, 0.15) is 0 Å². The van der Waals surface area contributed by atoms with Gasteiger partial charge in [-0.2, -0.15) is 0 Å². The Kier molecular flexibility index (Phi) is 4.11. The van der Waals surface area contributed by atoms with Gasteiger partial charge in [-0.25, -0.2) is 0 Å². The standard InChI is InChI=1S/C13H15BrO4/c1-8-9(3-4-11(15)16)7-10(14)13-12(8)17-5-2-6-18-13/h7H,2-6H2,1H3,(H,15,16). The fraction of sp³-hybridized carbons (Fsp3) is 0.462. The maximum atomic E-state index is 10.6. The van der Waals surface area contributed by atoms with E-state index >= 15 is 0 Å². The second kappa shape index (κ2) is 5.61. The molecule has 0 radical (unpaired) electrons. The Morgan fingerprint density at radius 2 is 2.06 bits per heavy atom. The number of carbonyl (C=O) groups is 1. The molecule has 1 aromatic rings. The monoisotopic (exact) mass is 314 g/mol. The third-order valence-electron chi connectivity index (χ3n) is 2.94. The molecule has 5 heteroatoms. The Morgan fingerprint density at radius 3 is 2.72 bits per heavy atom. The molecule has 0 saturated carbocycles. The van der Waals surface area contributed by atoms with Crippen LogP contribution in [0.1, 0.15) is 24.0 Å². The summed E-state index contributed by atoms with van der Waals surface area (Å²) in [6.45, 7) is 3.21. The maximum Gasteiger partial charge on any atom is 0.303 e. The molecule has 1 aliphatic heterocycles. The van der Waals surface area contributed by atoms with E-state index in [1.165, 1.54) is 0 Å². The van der Waals surface area contributed by atoms with Crippen LogP contribution in [0.25, 0.3) is 0 Å². The summed E-state index contributed by atoms with van der Waals surface area (Å²) in [7, 11) is 0. The maximum absolute atomic E-state index is 10.6. The average molecular weight is 315 g/mol. The minimum Gasteiger partial charge on any atom is -0.489 e. The Morgan fingerprint density at radius 1 is 1.39 bits per heavy atom. The van der Waals surface area contributed by atoms with Crippen molar-refractivity contribution in [2.75, 3.05) is 13.2 Å². The van der Waals surface area contributed by atoms with Gasteiger partial charge in [-0.3, -0.25) is 4.79 Å². The van der Waals surface area contributed by atoms with Crippen LogP contribution < -0.4 is 9.47 Å². The molecule has 4 nitrogen and oxygen atoms in total. The van der Waals surface area contributed by atoms with Gasteiger partial charge in [0.05, 0.1) is 17.7 Å². The van der Waals surface area contributed by atoms with Gasteiger partial charge in [0, 0.05) is 12.8 Å². The molecule has 0 aliphatic carbocycles. The van der Waals surface area contributed by atoms with Gasteiger partial charge < -0.3 is 14.6 Å². The number of carboxylic acids is 1. The lowest BCUT2D eigenvalue weighted by molar-refractivity contribution is -0.136. The van der Waals surface area contributed by atoms with Crippen molar-refractivity contribution in [2.24, 2.45) is 0 Å². The highest BCUT2D eigenvalue weighted by molar-refractivity contribution is 9.10. The fourth-order valence-electron chi connectivity index (χ4n) is 1.97. The zero-order valence-electron chi connectivity index (χ0n) is 10.2. The number of hydrogen-bond acceptors (Lipinski definition) is 3.